The first-order valence-corrected chi connectivity index (χ1v) is 8.47. The fraction of sp³-hybridized carbons (Fsp3) is 0.312. The van der Waals surface area contributed by atoms with E-state index in [4.69, 9.17) is 11.6 Å². The molecule has 1 aromatic heterocycles. The number of benzene rings is 1. The zero-order chi connectivity index (χ0) is 17.5. The number of rotatable bonds is 8. The molecule has 0 aliphatic heterocycles. The van der Waals surface area contributed by atoms with Crippen molar-refractivity contribution < 1.29 is 18.3 Å². The van der Waals surface area contributed by atoms with Gasteiger partial charge in [0.1, 0.15) is 5.75 Å². The Morgan fingerprint density at radius 3 is 2.71 bits per heavy atom. The summed E-state index contributed by atoms with van der Waals surface area (Å²) in [7, 11) is 0. The van der Waals surface area contributed by atoms with E-state index < -0.39 is 6.61 Å². The molecule has 8 heteroatoms. The average Bonchev–Trinajstić information content (AvgIpc) is 2.93. The van der Waals surface area contributed by atoms with E-state index in [-0.39, 0.29) is 23.9 Å². The predicted molar refractivity (Wildman–Crippen MR) is 92.0 cm³/mol. The number of halogens is 3. The normalized spacial score (nSPS) is 11.1. The summed E-state index contributed by atoms with van der Waals surface area (Å²) >= 11 is 7.37. The lowest BCUT2D eigenvalue weighted by Gasteiger charge is -2.19. The minimum absolute atomic E-state index is 0.0612. The number of carbonyl (C=O) groups is 1. The smallest absolute Gasteiger partial charge is 0.387 e. The molecular weight excluding hydrogens is 358 g/mol. The molecule has 0 unspecified atom stereocenters. The second-order valence-corrected chi connectivity index (χ2v) is 6.73. The summed E-state index contributed by atoms with van der Waals surface area (Å²) in [4.78, 5) is 15.2. The summed E-state index contributed by atoms with van der Waals surface area (Å²) in [6.07, 6.45) is 0. The van der Waals surface area contributed by atoms with E-state index in [9.17, 15) is 13.6 Å². The molecule has 4 nitrogen and oxygen atoms in total. The van der Waals surface area contributed by atoms with E-state index in [2.05, 4.69) is 10.1 Å². The summed E-state index contributed by atoms with van der Waals surface area (Å²) in [6.45, 7) is 0.388. The molecule has 0 saturated heterocycles. The summed E-state index contributed by atoms with van der Waals surface area (Å²) in [5.41, 5.74) is 0.220. The second kappa shape index (κ2) is 8.96. The van der Waals surface area contributed by atoms with Crippen molar-refractivity contribution in [1.82, 2.24) is 4.90 Å². The molecule has 1 aromatic carbocycles. The van der Waals surface area contributed by atoms with Crippen molar-refractivity contribution in [2.24, 2.45) is 0 Å². The predicted octanol–water partition coefficient (Wildman–Crippen LogP) is 4.46. The zero-order valence-electron chi connectivity index (χ0n) is 13.0. The number of thiophene rings is 1. The zero-order valence-corrected chi connectivity index (χ0v) is 14.5. The molecule has 0 bridgehead atoms. The first-order valence-electron chi connectivity index (χ1n) is 7.28. The fourth-order valence-corrected chi connectivity index (χ4v) is 3.23. The van der Waals surface area contributed by atoms with Crippen LogP contribution in [0, 0.1) is 0 Å². The van der Waals surface area contributed by atoms with Gasteiger partial charge < -0.3 is 10.1 Å². The summed E-state index contributed by atoms with van der Waals surface area (Å²) in [6, 6.07) is 9.83. The molecule has 2 aromatic rings. The highest BCUT2D eigenvalue weighted by Gasteiger charge is 2.14. The fourth-order valence-electron chi connectivity index (χ4n) is 2.10. The van der Waals surface area contributed by atoms with Crippen molar-refractivity contribution >= 4 is 34.5 Å². The summed E-state index contributed by atoms with van der Waals surface area (Å²) in [5, 5.41) is 2.61. The number of likely N-dealkylation sites (N-methyl/N-ethyl adjacent to an activating group) is 1. The van der Waals surface area contributed by atoms with Gasteiger partial charge in [0, 0.05) is 11.4 Å². The average molecular weight is 375 g/mol. The van der Waals surface area contributed by atoms with Gasteiger partial charge in [-0.05, 0) is 30.8 Å². The lowest BCUT2D eigenvalue weighted by molar-refractivity contribution is -0.117. The van der Waals surface area contributed by atoms with E-state index in [1.807, 2.05) is 24.0 Å². The summed E-state index contributed by atoms with van der Waals surface area (Å²) < 4.78 is 29.9. The van der Waals surface area contributed by atoms with E-state index in [1.165, 1.54) is 23.5 Å². The molecule has 2 rings (SSSR count). The Kier molecular flexibility index (Phi) is 6.96. The highest BCUT2D eigenvalue weighted by Crippen LogP contribution is 2.26. The highest BCUT2D eigenvalue weighted by atomic mass is 35.5. The van der Waals surface area contributed by atoms with Gasteiger partial charge in [-0.15, -0.1) is 11.3 Å². The van der Waals surface area contributed by atoms with Crippen LogP contribution in [0.2, 0.25) is 4.34 Å². The van der Waals surface area contributed by atoms with Crippen molar-refractivity contribution in [3.63, 3.8) is 0 Å². The first kappa shape index (κ1) is 18.6. The number of alkyl halides is 2. The van der Waals surface area contributed by atoms with Crippen molar-refractivity contribution in [2.75, 3.05) is 18.4 Å². The Morgan fingerprint density at radius 2 is 2.08 bits per heavy atom. The topological polar surface area (TPSA) is 41.6 Å². The molecule has 1 N–H and O–H groups in total. The molecule has 130 valence electrons. The third kappa shape index (κ3) is 5.74. The molecule has 1 heterocycles. The number of amides is 1. The molecule has 0 spiro atoms. The molecule has 0 aliphatic rings. The first-order chi connectivity index (χ1) is 11.5. The van der Waals surface area contributed by atoms with Gasteiger partial charge in [0.25, 0.3) is 0 Å². The Morgan fingerprint density at radius 1 is 1.33 bits per heavy atom. The standard InChI is InChI=1S/C16H17ClF2N2O2S/c1-2-21(9-11-7-8-14(17)24-11)10-15(22)20-12-5-3-4-6-13(12)23-16(18)19/h3-8,16H,2,9-10H2,1H3,(H,20,22). The van der Waals surface area contributed by atoms with Crippen LogP contribution in [0.15, 0.2) is 36.4 Å². The monoisotopic (exact) mass is 374 g/mol. The van der Waals surface area contributed by atoms with Crippen LogP contribution in [0.5, 0.6) is 5.75 Å². The number of para-hydroxylation sites is 2. The van der Waals surface area contributed by atoms with E-state index in [0.29, 0.717) is 17.4 Å². The minimum atomic E-state index is -2.95. The van der Waals surface area contributed by atoms with Gasteiger partial charge >= 0.3 is 6.61 Å². The number of nitrogens with zero attached hydrogens (tertiary/aromatic N) is 1. The summed E-state index contributed by atoms with van der Waals surface area (Å²) in [5.74, 6) is -0.362. The third-order valence-corrected chi connectivity index (χ3v) is 4.42. The van der Waals surface area contributed by atoms with E-state index in [1.54, 1.807) is 12.1 Å². The highest BCUT2D eigenvalue weighted by molar-refractivity contribution is 7.16. The van der Waals surface area contributed by atoms with Gasteiger partial charge in [-0.2, -0.15) is 8.78 Å². The van der Waals surface area contributed by atoms with Crippen molar-refractivity contribution in [3.05, 3.63) is 45.6 Å². The van der Waals surface area contributed by atoms with Gasteiger partial charge in [-0.25, -0.2) is 0 Å². The molecular formula is C16H17ClF2N2O2S. The number of carbonyl (C=O) groups excluding carboxylic acids is 1. The van der Waals surface area contributed by atoms with Gasteiger partial charge in [-0.1, -0.05) is 30.7 Å². The maximum atomic E-state index is 12.4. The maximum absolute atomic E-state index is 12.4. The lowest BCUT2D eigenvalue weighted by Crippen LogP contribution is -2.32. The Hall–Kier alpha value is -1.70. The van der Waals surface area contributed by atoms with Gasteiger partial charge in [0.2, 0.25) is 5.91 Å². The third-order valence-electron chi connectivity index (χ3n) is 3.20. The van der Waals surface area contributed by atoms with Crippen molar-refractivity contribution in [3.8, 4) is 5.75 Å². The van der Waals surface area contributed by atoms with Crippen LogP contribution in [0.25, 0.3) is 0 Å². The van der Waals surface area contributed by atoms with Crippen LogP contribution in [0.3, 0.4) is 0 Å². The molecule has 0 saturated carbocycles. The van der Waals surface area contributed by atoms with Crippen molar-refractivity contribution in [2.45, 2.75) is 20.1 Å². The van der Waals surface area contributed by atoms with E-state index >= 15 is 0 Å². The van der Waals surface area contributed by atoms with Gasteiger partial charge in [-0.3, -0.25) is 9.69 Å². The number of ether oxygens (including phenoxy) is 1. The number of nitrogens with one attached hydrogen (secondary N) is 1. The van der Waals surface area contributed by atoms with Crippen LogP contribution in [-0.2, 0) is 11.3 Å². The van der Waals surface area contributed by atoms with Crippen LogP contribution in [0.1, 0.15) is 11.8 Å². The molecule has 0 radical (unpaired) electrons. The molecule has 0 aliphatic carbocycles. The molecule has 0 atom stereocenters. The lowest BCUT2D eigenvalue weighted by atomic mass is 10.3. The Bertz CT molecular complexity index is 682. The van der Waals surface area contributed by atoms with Crippen LogP contribution < -0.4 is 10.1 Å². The van der Waals surface area contributed by atoms with Crippen LogP contribution in [-0.4, -0.2) is 30.5 Å². The largest absolute Gasteiger partial charge is 0.433 e. The second-order valence-electron chi connectivity index (χ2n) is 4.93. The van der Waals surface area contributed by atoms with Gasteiger partial charge in [0.05, 0.1) is 16.6 Å². The number of anilines is 1. The Balaban J connectivity index is 1.96. The van der Waals surface area contributed by atoms with Crippen LogP contribution >= 0.6 is 22.9 Å². The number of hydrogen-bond acceptors (Lipinski definition) is 4. The molecule has 0 fully saturated rings. The van der Waals surface area contributed by atoms with Gasteiger partial charge in [0.15, 0.2) is 0 Å². The minimum Gasteiger partial charge on any atom is -0.433 e. The quantitative estimate of drug-likeness (QED) is 0.741. The number of hydrogen-bond donors (Lipinski definition) is 1. The SMILES string of the molecule is CCN(CC(=O)Nc1ccccc1OC(F)F)Cc1ccc(Cl)s1. The van der Waals surface area contributed by atoms with Crippen LogP contribution in [0.4, 0.5) is 14.5 Å². The Labute approximate surface area is 148 Å². The molecule has 24 heavy (non-hydrogen) atoms. The van der Waals surface area contributed by atoms with Crippen molar-refractivity contribution in [1.29, 1.82) is 0 Å². The maximum Gasteiger partial charge on any atom is 0.387 e. The van der Waals surface area contributed by atoms with E-state index in [0.717, 1.165) is 4.88 Å². The molecule has 1 amide bonds.